The van der Waals surface area contributed by atoms with Crippen molar-refractivity contribution in [2.45, 2.75) is 45.1 Å². The summed E-state index contributed by atoms with van der Waals surface area (Å²) in [5.41, 5.74) is 0.117. The van der Waals surface area contributed by atoms with Crippen molar-refractivity contribution in [2.75, 3.05) is 0 Å². The number of hydrogen-bond donors (Lipinski definition) is 1. The van der Waals surface area contributed by atoms with E-state index < -0.39 is 11.5 Å². The number of nitriles is 1. The maximum Gasteiger partial charge on any atom is 0.114 e. The quantitative estimate of drug-likeness (QED) is 0.893. The van der Waals surface area contributed by atoms with Crippen LogP contribution in [0.15, 0.2) is 12.3 Å². The van der Waals surface area contributed by atoms with Crippen LogP contribution in [-0.2, 0) is 7.05 Å². The molecule has 4 heteroatoms. The summed E-state index contributed by atoms with van der Waals surface area (Å²) < 4.78 is 1.66. The van der Waals surface area contributed by atoms with Gasteiger partial charge in [0.25, 0.3) is 0 Å². The average molecular weight is 247 g/mol. The van der Waals surface area contributed by atoms with Crippen LogP contribution >= 0.6 is 0 Å². The maximum atomic E-state index is 10.5. The lowest BCUT2D eigenvalue weighted by Gasteiger charge is -2.37. The van der Waals surface area contributed by atoms with Gasteiger partial charge in [-0.1, -0.05) is 13.3 Å². The number of nitrogens with zero attached hydrogens (tertiary/aromatic N) is 3. The highest BCUT2D eigenvalue weighted by Gasteiger charge is 2.43. The van der Waals surface area contributed by atoms with Crippen molar-refractivity contribution in [3.63, 3.8) is 0 Å². The number of aromatic nitrogens is 2. The lowest BCUT2D eigenvalue weighted by molar-refractivity contribution is 0.0188. The molecule has 1 atom stereocenters. The van der Waals surface area contributed by atoms with Gasteiger partial charge in [-0.3, -0.25) is 4.68 Å². The van der Waals surface area contributed by atoms with E-state index in [1.165, 1.54) is 6.42 Å². The van der Waals surface area contributed by atoms with Crippen LogP contribution in [0.1, 0.15) is 50.8 Å². The van der Waals surface area contributed by atoms with Gasteiger partial charge in [0.05, 0.1) is 17.2 Å². The molecule has 1 N–H and O–H groups in total. The molecule has 1 aromatic rings. The molecule has 0 bridgehead atoms. The molecule has 1 unspecified atom stereocenters. The Morgan fingerprint density at radius 1 is 1.61 bits per heavy atom. The van der Waals surface area contributed by atoms with E-state index >= 15 is 0 Å². The monoisotopic (exact) mass is 247 g/mol. The number of aryl methyl sites for hydroxylation is 1. The normalized spacial score (nSPS) is 29.8. The predicted molar refractivity (Wildman–Crippen MR) is 68.5 cm³/mol. The molecule has 1 aliphatic carbocycles. The number of aliphatic hydroxyl groups excluding tert-OH is 1. The van der Waals surface area contributed by atoms with Crippen molar-refractivity contribution < 1.29 is 5.11 Å². The van der Waals surface area contributed by atoms with E-state index in [2.05, 4.69) is 18.1 Å². The molecule has 18 heavy (non-hydrogen) atoms. The minimum absolute atomic E-state index is 0.626. The van der Waals surface area contributed by atoms with Crippen LogP contribution in [0.4, 0.5) is 0 Å². The first-order valence-electron chi connectivity index (χ1n) is 6.70. The van der Waals surface area contributed by atoms with Gasteiger partial charge in [0.2, 0.25) is 0 Å². The van der Waals surface area contributed by atoms with E-state index in [0.717, 1.165) is 31.4 Å². The van der Waals surface area contributed by atoms with E-state index in [1.807, 2.05) is 0 Å². The molecule has 1 aliphatic rings. The molecular formula is C14H21N3O. The summed E-state index contributed by atoms with van der Waals surface area (Å²) in [7, 11) is 1.81. The first-order chi connectivity index (χ1) is 8.63. The Morgan fingerprint density at radius 2 is 2.28 bits per heavy atom. The fourth-order valence-corrected chi connectivity index (χ4v) is 2.98. The summed E-state index contributed by atoms with van der Waals surface area (Å²) in [4.78, 5) is 0. The summed E-state index contributed by atoms with van der Waals surface area (Å²) in [5.74, 6) is 0.713. The van der Waals surface area contributed by atoms with Gasteiger partial charge >= 0.3 is 0 Å². The third kappa shape index (κ3) is 2.15. The summed E-state index contributed by atoms with van der Waals surface area (Å²) in [6.07, 6.45) is 5.76. The minimum Gasteiger partial charge on any atom is -0.385 e. The summed E-state index contributed by atoms with van der Waals surface area (Å²) in [6.45, 7) is 2.20. The third-order valence-electron chi connectivity index (χ3n) is 4.46. The van der Waals surface area contributed by atoms with E-state index in [-0.39, 0.29) is 0 Å². The molecule has 0 aromatic carbocycles. The zero-order chi connectivity index (χ0) is 13.2. The van der Waals surface area contributed by atoms with Crippen LogP contribution in [0.2, 0.25) is 0 Å². The van der Waals surface area contributed by atoms with Crippen LogP contribution in [0, 0.1) is 22.7 Å². The lowest BCUT2D eigenvalue weighted by atomic mass is 9.67. The molecule has 0 saturated heterocycles. The Bertz CT molecular complexity index is 438. The number of aliphatic hydroxyl groups is 1. The van der Waals surface area contributed by atoms with E-state index in [1.54, 1.807) is 24.0 Å². The summed E-state index contributed by atoms with van der Waals surface area (Å²) >= 11 is 0. The number of hydrogen-bond acceptors (Lipinski definition) is 3. The second-order valence-corrected chi connectivity index (χ2v) is 5.40. The Balaban J connectivity index is 2.19. The van der Waals surface area contributed by atoms with Gasteiger partial charge in [-0.05, 0) is 37.7 Å². The zero-order valence-corrected chi connectivity index (χ0v) is 11.1. The first-order valence-corrected chi connectivity index (χ1v) is 6.70. The molecular weight excluding hydrogens is 226 g/mol. The van der Waals surface area contributed by atoms with Gasteiger partial charge in [-0.2, -0.15) is 10.4 Å². The smallest absolute Gasteiger partial charge is 0.114 e. The molecule has 0 aliphatic heterocycles. The molecule has 2 rings (SSSR count). The Hall–Kier alpha value is -1.34. The van der Waals surface area contributed by atoms with Gasteiger partial charge in [0.15, 0.2) is 0 Å². The summed E-state index contributed by atoms with van der Waals surface area (Å²) in [5, 5.41) is 24.1. The van der Waals surface area contributed by atoms with Crippen LogP contribution in [0.3, 0.4) is 0 Å². The van der Waals surface area contributed by atoms with E-state index in [0.29, 0.717) is 5.92 Å². The molecule has 98 valence electrons. The number of rotatable bonds is 3. The van der Waals surface area contributed by atoms with Gasteiger partial charge in [-0.25, -0.2) is 0 Å². The molecule has 0 radical (unpaired) electrons. The zero-order valence-electron chi connectivity index (χ0n) is 11.1. The summed E-state index contributed by atoms with van der Waals surface area (Å²) in [6, 6.07) is 4.19. The minimum atomic E-state index is -0.729. The predicted octanol–water partition coefficient (Wildman–Crippen LogP) is 2.56. The van der Waals surface area contributed by atoms with E-state index in [4.69, 9.17) is 0 Å². The molecule has 0 amide bonds. The highest BCUT2D eigenvalue weighted by atomic mass is 16.3. The fraction of sp³-hybridized carbons (Fsp3) is 0.714. The van der Waals surface area contributed by atoms with Crippen LogP contribution in [0.5, 0.6) is 0 Å². The Kier molecular flexibility index (Phi) is 3.72. The Morgan fingerprint density at radius 3 is 2.72 bits per heavy atom. The fourth-order valence-electron chi connectivity index (χ4n) is 2.98. The van der Waals surface area contributed by atoms with Crippen LogP contribution in [0.25, 0.3) is 0 Å². The molecule has 1 aromatic heterocycles. The molecule has 1 saturated carbocycles. The standard InChI is InChI=1S/C14H21N3O/c1-3-11-4-7-14(10-15,8-5-11)13(18)12-6-9-16-17(12)2/h6,9,11,13,18H,3-5,7-8H2,1-2H3. The Labute approximate surface area is 108 Å². The molecule has 4 nitrogen and oxygen atoms in total. The second-order valence-electron chi connectivity index (χ2n) is 5.40. The van der Waals surface area contributed by atoms with Gasteiger partial charge in [-0.15, -0.1) is 0 Å². The maximum absolute atomic E-state index is 10.5. The van der Waals surface area contributed by atoms with E-state index in [9.17, 15) is 10.4 Å². The highest BCUT2D eigenvalue weighted by molar-refractivity contribution is 5.16. The second kappa shape index (κ2) is 5.11. The highest BCUT2D eigenvalue weighted by Crippen LogP contribution is 2.47. The average Bonchev–Trinajstić information content (AvgIpc) is 2.84. The van der Waals surface area contributed by atoms with Crippen LogP contribution in [-0.4, -0.2) is 14.9 Å². The van der Waals surface area contributed by atoms with Gasteiger partial charge < -0.3 is 5.11 Å². The lowest BCUT2D eigenvalue weighted by Crippen LogP contribution is -2.33. The van der Waals surface area contributed by atoms with Gasteiger partial charge in [0, 0.05) is 13.2 Å². The first kappa shape index (κ1) is 13.1. The molecule has 1 fully saturated rings. The third-order valence-corrected chi connectivity index (χ3v) is 4.46. The van der Waals surface area contributed by atoms with Crippen molar-refractivity contribution in [3.05, 3.63) is 18.0 Å². The van der Waals surface area contributed by atoms with Crippen molar-refractivity contribution in [1.29, 1.82) is 5.26 Å². The van der Waals surface area contributed by atoms with Crippen molar-refractivity contribution in [3.8, 4) is 6.07 Å². The van der Waals surface area contributed by atoms with Gasteiger partial charge in [0.1, 0.15) is 6.10 Å². The van der Waals surface area contributed by atoms with Crippen molar-refractivity contribution >= 4 is 0 Å². The molecule has 0 spiro atoms. The largest absolute Gasteiger partial charge is 0.385 e. The topological polar surface area (TPSA) is 61.8 Å². The van der Waals surface area contributed by atoms with Crippen molar-refractivity contribution in [2.24, 2.45) is 18.4 Å². The SMILES string of the molecule is CCC1CCC(C#N)(C(O)c2ccnn2C)CC1. The molecule has 1 heterocycles. The van der Waals surface area contributed by atoms with Crippen molar-refractivity contribution in [1.82, 2.24) is 9.78 Å². The van der Waals surface area contributed by atoms with Crippen LogP contribution < -0.4 is 0 Å².